The average Bonchev–Trinajstić information content (AvgIpc) is 2.71. The Bertz CT molecular complexity index is 602. The molecular weight excluding hydrogens is 354 g/mol. The summed E-state index contributed by atoms with van der Waals surface area (Å²) >= 11 is 0. The van der Waals surface area contributed by atoms with E-state index in [0.29, 0.717) is 6.42 Å². The molecule has 0 spiro atoms. The second kappa shape index (κ2) is 15.7. The van der Waals surface area contributed by atoms with Crippen molar-refractivity contribution in [3.8, 4) is 5.75 Å². The monoisotopic (exact) mass is 389 g/mol. The maximum atomic E-state index is 11.8. The first kappa shape index (κ1) is 23.7. The Morgan fingerprint density at radius 1 is 1.00 bits per heavy atom. The topological polar surface area (TPSA) is 79.8 Å². The molecule has 0 atom stereocenters. The van der Waals surface area contributed by atoms with Crippen LogP contribution in [0.2, 0.25) is 0 Å². The number of amides is 2. The van der Waals surface area contributed by atoms with Gasteiger partial charge in [0.2, 0.25) is 5.91 Å². The van der Waals surface area contributed by atoms with Crippen molar-refractivity contribution in [2.75, 3.05) is 13.7 Å². The van der Waals surface area contributed by atoms with Gasteiger partial charge in [-0.2, -0.15) is 5.10 Å². The van der Waals surface area contributed by atoms with E-state index >= 15 is 0 Å². The minimum absolute atomic E-state index is 0.0638. The number of benzene rings is 1. The van der Waals surface area contributed by atoms with Gasteiger partial charge in [-0.1, -0.05) is 70.4 Å². The lowest BCUT2D eigenvalue weighted by Gasteiger charge is -2.05. The quantitative estimate of drug-likeness (QED) is 0.268. The van der Waals surface area contributed by atoms with Crippen LogP contribution in [0.15, 0.2) is 29.4 Å². The van der Waals surface area contributed by atoms with Gasteiger partial charge in [0, 0.05) is 6.42 Å². The van der Waals surface area contributed by atoms with Gasteiger partial charge in [-0.05, 0) is 24.1 Å². The zero-order valence-electron chi connectivity index (χ0n) is 17.3. The van der Waals surface area contributed by atoms with Crippen LogP contribution in [0.3, 0.4) is 0 Å². The van der Waals surface area contributed by atoms with Crippen molar-refractivity contribution in [2.45, 2.75) is 71.1 Å². The third kappa shape index (κ3) is 12.1. The van der Waals surface area contributed by atoms with Crippen molar-refractivity contribution in [2.24, 2.45) is 5.10 Å². The van der Waals surface area contributed by atoms with Gasteiger partial charge < -0.3 is 10.1 Å². The van der Waals surface area contributed by atoms with Crippen LogP contribution in [0.4, 0.5) is 0 Å². The summed E-state index contributed by atoms with van der Waals surface area (Å²) in [6, 6.07) is 7.33. The van der Waals surface area contributed by atoms with Gasteiger partial charge in [0.25, 0.3) is 5.91 Å². The highest BCUT2D eigenvalue weighted by atomic mass is 16.5. The lowest BCUT2D eigenvalue weighted by molar-refractivity contribution is -0.126. The first-order chi connectivity index (χ1) is 13.7. The highest BCUT2D eigenvalue weighted by molar-refractivity contribution is 5.86. The van der Waals surface area contributed by atoms with Crippen molar-refractivity contribution in [3.05, 3.63) is 29.8 Å². The largest absolute Gasteiger partial charge is 0.497 e. The number of carbonyl (C=O) groups is 2. The number of hydrazone groups is 1. The van der Waals surface area contributed by atoms with E-state index in [2.05, 4.69) is 22.8 Å². The Kier molecular flexibility index (Phi) is 13.2. The van der Waals surface area contributed by atoms with Crippen LogP contribution in [0.1, 0.15) is 76.7 Å². The second-order valence-corrected chi connectivity index (χ2v) is 6.92. The summed E-state index contributed by atoms with van der Waals surface area (Å²) in [5.74, 6) is 0.286. The number of nitrogens with one attached hydrogen (secondary N) is 2. The Morgan fingerprint density at radius 2 is 1.68 bits per heavy atom. The number of hydrogen-bond donors (Lipinski definition) is 2. The Balaban J connectivity index is 2.05. The molecule has 0 unspecified atom stereocenters. The minimum atomic E-state index is -0.348. The van der Waals surface area contributed by atoms with Gasteiger partial charge in [0.05, 0.1) is 19.9 Å². The van der Waals surface area contributed by atoms with E-state index in [0.717, 1.165) is 24.2 Å². The molecule has 0 aliphatic rings. The highest BCUT2D eigenvalue weighted by Crippen LogP contribution is 2.11. The van der Waals surface area contributed by atoms with Crippen molar-refractivity contribution >= 4 is 18.0 Å². The smallest absolute Gasteiger partial charge is 0.259 e. The molecule has 2 N–H and O–H groups in total. The Labute approximate surface area is 169 Å². The summed E-state index contributed by atoms with van der Waals surface area (Å²) < 4.78 is 5.12. The standard InChI is InChI=1S/C22H35N3O3/c1-3-4-5-6-7-8-9-10-11-15-21(26)23-18-22(27)25-24-17-19-13-12-14-20(16-19)28-2/h12-14,16-17H,3-11,15,18H2,1-2H3,(H,23,26)(H,25,27)/b24-17-. The zero-order valence-corrected chi connectivity index (χ0v) is 17.3. The molecule has 6 heteroatoms. The lowest BCUT2D eigenvalue weighted by Crippen LogP contribution is -2.34. The van der Waals surface area contributed by atoms with Crippen LogP contribution < -0.4 is 15.5 Å². The molecule has 0 aliphatic heterocycles. The summed E-state index contributed by atoms with van der Waals surface area (Å²) in [5, 5.41) is 6.52. The fourth-order valence-corrected chi connectivity index (χ4v) is 2.80. The third-order valence-electron chi connectivity index (χ3n) is 4.45. The van der Waals surface area contributed by atoms with Crippen molar-refractivity contribution in [1.82, 2.24) is 10.7 Å². The molecule has 156 valence electrons. The molecular formula is C22H35N3O3. The van der Waals surface area contributed by atoms with E-state index in [-0.39, 0.29) is 18.4 Å². The summed E-state index contributed by atoms with van der Waals surface area (Å²) in [6.07, 6.45) is 12.9. The number of methoxy groups -OCH3 is 1. The first-order valence-electron chi connectivity index (χ1n) is 10.4. The minimum Gasteiger partial charge on any atom is -0.497 e. The van der Waals surface area contributed by atoms with Gasteiger partial charge in [-0.3, -0.25) is 9.59 Å². The Morgan fingerprint density at radius 3 is 2.36 bits per heavy atom. The summed E-state index contributed by atoms with van der Waals surface area (Å²) in [4.78, 5) is 23.5. The molecule has 2 amide bonds. The second-order valence-electron chi connectivity index (χ2n) is 6.92. The molecule has 0 aliphatic carbocycles. The summed E-state index contributed by atoms with van der Waals surface area (Å²) in [6.45, 7) is 2.16. The van der Waals surface area contributed by atoms with Gasteiger partial charge >= 0.3 is 0 Å². The predicted molar refractivity (Wildman–Crippen MR) is 114 cm³/mol. The summed E-state index contributed by atoms with van der Waals surface area (Å²) in [5.41, 5.74) is 3.22. The molecule has 0 saturated carbocycles. The normalized spacial score (nSPS) is 10.8. The van der Waals surface area contributed by atoms with Gasteiger partial charge in [-0.25, -0.2) is 5.43 Å². The zero-order chi connectivity index (χ0) is 20.5. The number of hydrogen-bond acceptors (Lipinski definition) is 4. The molecule has 28 heavy (non-hydrogen) atoms. The van der Waals surface area contributed by atoms with Crippen LogP contribution in [0.25, 0.3) is 0 Å². The molecule has 6 nitrogen and oxygen atoms in total. The van der Waals surface area contributed by atoms with Crippen LogP contribution in [0, 0.1) is 0 Å². The molecule has 0 radical (unpaired) electrons. The molecule has 0 bridgehead atoms. The molecule has 1 aromatic carbocycles. The number of nitrogens with zero attached hydrogens (tertiary/aromatic N) is 1. The maximum Gasteiger partial charge on any atom is 0.259 e. The third-order valence-corrected chi connectivity index (χ3v) is 4.45. The van der Waals surface area contributed by atoms with E-state index in [1.165, 1.54) is 51.2 Å². The number of unbranched alkanes of at least 4 members (excludes halogenated alkanes) is 8. The first-order valence-corrected chi connectivity index (χ1v) is 10.4. The molecule has 1 rings (SSSR count). The van der Waals surface area contributed by atoms with Crippen LogP contribution >= 0.6 is 0 Å². The number of rotatable bonds is 15. The highest BCUT2D eigenvalue weighted by Gasteiger charge is 2.04. The van der Waals surface area contributed by atoms with E-state index in [1.54, 1.807) is 7.11 Å². The predicted octanol–water partition coefficient (Wildman–Crippen LogP) is 4.18. The van der Waals surface area contributed by atoms with Crippen LogP contribution in [0.5, 0.6) is 5.75 Å². The van der Waals surface area contributed by atoms with Crippen LogP contribution in [-0.2, 0) is 9.59 Å². The molecule has 0 heterocycles. The summed E-state index contributed by atoms with van der Waals surface area (Å²) in [7, 11) is 1.59. The van der Waals surface area contributed by atoms with E-state index in [4.69, 9.17) is 4.74 Å². The van der Waals surface area contributed by atoms with Crippen molar-refractivity contribution in [3.63, 3.8) is 0 Å². The van der Waals surface area contributed by atoms with Crippen LogP contribution in [-0.4, -0.2) is 31.7 Å². The molecule has 1 aromatic rings. The molecule has 0 fully saturated rings. The fraction of sp³-hybridized carbons (Fsp3) is 0.591. The van der Waals surface area contributed by atoms with Gasteiger partial charge in [0.1, 0.15) is 5.75 Å². The lowest BCUT2D eigenvalue weighted by atomic mass is 10.1. The fourth-order valence-electron chi connectivity index (χ4n) is 2.80. The number of ether oxygens (including phenoxy) is 1. The van der Waals surface area contributed by atoms with Gasteiger partial charge in [-0.15, -0.1) is 0 Å². The SMILES string of the molecule is CCCCCCCCCCCC(=O)NCC(=O)N/N=C\c1cccc(OC)c1. The van der Waals surface area contributed by atoms with E-state index < -0.39 is 0 Å². The van der Waals surface area contributed by atoms with Gasteiger partial charge in [0.15, 0.2) is 0 Å². The maximum absolute atomic E-state index is 11.8. The van der Waals surface area contributed by atoms with E-state index in [9.17, 15) is 9.59 Å². The molecule has 0 saturated heterocycles. The van der Waals surface area contributed by atoms with E-state index in [1.807, 2.05) is 24.3 Å². The molecule has 0 aromatic heterocycles. The Hall–Kier alpha value is -2.37. The van der Waals surface area contributed by atoms with Crippen molar-refractivity contribution < 1.29 is 14.3 Å². The average molecular weight is 390 g/mol. The number of carbonyl (C=O) groups excluding carboxylic acids is 2. The van der Waals surface area contributed by atoms with Crippen molar-refractivity contribution in [1.29, 1.82) is 0 Å².